The molecule has 2 heterocycles. The zero-order valence-electron chi connectivity index (χ0n) is 17.8. The van der Waals surface area contributed by atoms with E-state index >= 15 is 0 Å². The zero-order valence-corrected chi connectivity index (χ0v) is 17.8. The highest BCUT2D eigenvalue weighted by molar-refractivity contribution is 5.84. The van der Waals surface area contributed by atoms with Crippen molar-refractivity contribution in [2.24, 2.45) is 0 Å². The third-order valence-electron chi connectivity index (χ3n) is 5.82. The number of carbonyl (C=O) groups excluding carboxylic acids is 1. The maximum Gasteiger partial charge on any atom is 0.245 e. The van der Waals surface area contributed by atoms with Gasteiger partial charge >= 0.3 is 0 Å². The minimum absolute atomic E-state index is 0.0130. The first-order valence-electron chi connectivity index (χ1n) is 10.6. The molecule has 1 saturated heterocycles. The maximum absolute atomic E-state index is 13.8. The van der Waals surface area contributed by atoms with Gasteiger partial charge in [0.15, 0.2) is 0 Å². The largest absolute Gasteiger partial charge is 0.340 e. The molecule has 0 aliphatic carbocycles. The van der Waals surface area contributed by atoms with E-state index in [1.54, 1.807) is 0 Å². The summed E-state index contributed by atoms with van der Waals surface area (Å²) in [6.45, 7) is 12.5. The fourth-order valence-corrected chi connectivity index (χ4v) is 4.24. The van der Waals surface area contributed by atoms with Crippen LogP contribution in [-0.4, -0.2) is 45.3 Å². The number of H-pyrrole nitrogens is 1. The van der Waals surface area contributed by atoms with Gasteiger partial charge in [-0.05, 0) is 44.0 Å². The number of allylic oxidation sites excluding steroid dienone is 3. The Morgan fingerprint density at radius 2 is 2.07 bits per heavy atom. The van der Waals surface area contributed by atoms with Crippen molar-refractivity contribution in [3.05, 3.63) is 72.3 Å². The molecule has 5 nitrogen and oxygen atoms in total. The molecule has 0 bridgehead atoms. The van der Waals surface area contributed by atoms with Gasteiger partial charge in [0.25, 0.3) is 0 Å². The van der Waals surface area contributed by atoms with Crippen molar-refractivity contribution >= 4 is 11.5 Å². The predicted molar refractivity (Wildman–Crippen MR) is 118 cm³/mol. The molecule has 1 fully saturated rings. The monoisotopic (exact) mass is 392 g/mol. The fraction of sp³-hybridized carbons (Fsp3) is 0.417. The molecule has 1 aliphatic heterocycles. The van der Waals surface area contributed by atoms with Gasteiger partial charge in [0.2, 0.25) is 5.91 Å². The fourth-order valence-electron chi connectivity index (χ4n) is 4.24. The van der Waals surface area contributed by atoms with Gasteiger partial charge in [-0.3, -0.25) is 9.69 Å². The van der Waals surface area contributed by atoms with E-state index in [0.29, 0.717) is 0 Å². The van der Waals surface area contributed by atoms with Crippen molar-refractivity contribution in [3.8, 4) is 0 Å². The molecule has 0 spiro atoms. The van der Waals surface area contributed by atoms with Gasteiger partial charge in [0.05, 0.1) is 17.9 Å². The van der Waals surface area contributed by atoms with E-state index in [0.717, 1.165) is 55.1 Å². The van der Waals surface area contributed by atoms with Gasteiger partial charge in [0.1, 0.15) is 11.9 Å². The lowest BCUT2D eigenvalue weighted by atomic mass is 10.0. The molecule has 0 saturated carbocycles. The number of likely N-dealkylation sites (N-methyl/N-ethyl adjacent to an activating group) is 1. The zero-order chi connectivity index (χ0) is 20.8. The van der Waals surface area contributed by atoms with Crippen molar-refractivity contribution in [1.82, 2.24) is 19.8 Å². The standard InChI is InChI=1S/C24H32N4O/c1-5-18(6-2)20-17-25-23(26-20)21-15-12-16-28(21)24(29)22(27(7-3)8-4)19-13-10-9-11-14-19/h5-6,9-11,13-14,17,21-22H,1,7-8,12,15-16H2,2-4H3,(H,25,26). The third kappa shape index (κ3) is 4.35. The topological polar surface area (TPSA) is 52.2 Å². The van der Waals surface area contributed by atoms with E-state index in [-0.39, 0.29) is 18.0 Å². The molecule has 2 unspecified atom stereocenters. The van der Waals surface area contributed by atoms with Crippen LogP contribution in [0.4, 0.5) is 0 Å². The molecule has 3 rings (SSSR count). The molecule has 29 heavy (non-hydrogen) atoms. The quantitative estimate of drug-likeness (QED) is 0.660. The van der Waals surface area contributed by atoms with Crippen LogP contribution in [-0.2, 0) is 4.79 Å². The van der Waals surface area contributed by atoms with E-state index in [1.807, 2.05) is 48.4 Å². The van der Waals surface area contributed by atoms with E-state index < -0.39 is 0 Å². The van der Waals surface area contributed by atoms with Crippen LogP contribution in [0.5, 0.6) is 0 Å². The summed E-state index contributed by atoms with van der Waals surface area (Å²) in [5.74, 6) is 1.02. The van der Waals surface area contributed by atoms with E-state index in [2.05, 4.69) is 47.4 Å². The van der Waals surface area contributed by atoms with Crippen molar-refractivity contribution < 1.29 is 4.79 Å². The summed E-state index contributed by atoms with van der Waals surface area (Å²) in [6, 6.07) is 9.84. The van der Waals surface area contributed by atoms with Crippen molar-refractivity contribution in [2.45, 2.75) is 45.7 Å². The second-order valence-electron chi connectivity index (χ2n) is 7.35. The second-order valence-corrected chi connectivity index (χ2v) is 7.35. The third-order valence-corrected chi connectivity index (χ3v) is 5.82. The highest BCUT2D eigenvalue weighted by atomic mass is 16.2. The summed E-state index contributed by atoms with van der Waals surface area (Å²) < 4.78 is 0. The van der Waals surface area contributed by atoms with E-state index in [4.69, 9.17) is 0 Å². The maximum atomic E-state index is 13.8. The number of nitrogens with zero attached hydrogens (tertiary/aromatic N) is 3. The Labute approximate surface area is 174 Å². The number of carbonyl (C=O) groups is 1. The van der Waals surface area contributed by atoms with Crippen LogP contribution in [0.3, 0.4) is 0 Å². The summed E-state index contributed by atoms with van der Waals surface area (Å²) in [5.41, 5.74) is 3.01. The number of imidazole rings is 1. The normalized spacial score (nSPS) is 18.3. The van der Waals surface area contributed by atoms with Crippen LogP contribution in [0.15, 0.2) is 55.3 Å². The number of nitrogens with one attached hydrogen (secondary N) is 1. The summed E-state index contributed by atoms with van der Waals surface area (Å²) >= 11 is 0. The highest BCUT2D eigenvalue weighted by Crippen LogP contribution is 2.35. The van der Waals surface area contributed by atoms with E-state index in [1.165, 1.54) is 0 Å². The lowest BCUT2D eigenvalue weighted by Crippen LogP contribution is -2.43. The Morgan fingerprint density at radius 1 is 1.34 bits per heavy atom. The van der Waals surface area contributed by atoms with Gasteiger partial charge in [-0.15, -0.1) is 0 Å². The number of rotatable bonds is 8. The predicted octanol–water partition coefficient (Wildman–Crippen LogP) is 4.75. The summed E-state index contributed by atoms with van der Waals surface area (Å²) in [7, 11) is 0. The van der Waals surface area contributed by atoms with Crippen LogP contribution in [0.1, 0.15) is 62.8 Å². The number of aromatic nitrogens is 2. The van der Waals surface area contributed by atoms with Crippen molar-refractivity contribution in [1.29, 1.82) is 0 Å². The molecule has 2 aromatic rings. The first kappa shape index (κ1) is 21.1. The summed E-state index contributed by atoms with van der Waals surface area (Å²) in [5, 5.41) is 0. The molecular weight excluding hydrogens is 360 g/mol. The average molecular weight is 393 g/mol. The Hall–Kier alpha value is -2.66. The summed E-state index contributed by atoms with van der Waals surface area (Å²) in [6.07, 6.45) is 7.59. The Kier molecular flexibility index (Phi) is 7.04. The Morgan fingerprint density at radius 3 is 2.69 bits per heavy atom. The molecule has 1 aromatic heterocycles. The smallest absolute Gasteiger partial charge is 0.245 e. The Bertz CT molecular complexity index is 851. The number of hydrogen-bond donors (Lipinski definition) is 1. The lowest BCUT2D eigenvalue weighted by Gasteiger charge is -2.34. The first-order valence-corrected chi connectivity index (χ1v) is 10.6. The van der Waals surface area contributed by atoms with Gasteiger partial charge < -0.3 is 9.88 Å². The molecular formula is C24H32N4O. The molecule has 1 aliphatic rings. The van der Waals surface area contributed by atoms with Crippen LogP contribution in [0, 0.1) is 0 Å². The minimum Gasteiger partial charge on any atom is -0.340 e. The minimum atomic E-state index is -0.263. The number of amides is 1. The highest BCUT2D eigenvalue weighted by Gasteiger charge is 2.37. The van der Waals surface area contributed by atoms with E-state index in [9.17, 15) is 4.79 Å². The SMILES string of the molecule is C=CC(=CC)c1cnc(C2CCCN2C(=O)C(c2ccccc2)N(CC)CC)[nH]1. The van der Waals surface area contributed by atoms with Crippen molar-refractivity contribution in [2.75, 3.05) is 19.6 Å². The number of benzene rings is 1. The number of hydrogen-bond acceptors (Lipinski definition) is 3. The molecule has 1 amide bonds. The second kappa shape index (κ2) is 9.70. The molecule has 0 radical (unpaired) electrons. The number of likely N-dealkylation sites (tertiary alicyclic amines) is 1. The molecule has 154 valence electrons. The number of aromatic amines is 1. The summed E-state index contributed by atoms with van der Waals surface area (Å²) in [4.78, 5) is 26.0. The molecule has 5 heteroatoms. The van der Waals surface area contributed by atoms with Crippen LogP contribution in [0.25, 0.3) is 5.57 Å². The molecule has 2 atom stereocenters. The van der Waals surface area contributed by atoms with Gasteiger partial charge in [-0.2, -0.15) is 0 Å². The van der Waals surface area contributed by atoms with Crippen LogP contribution in [0.2, 0.25) is 0 Å². The molecule has 1 N–H and O–H groups in total. The van der Waals surface area contributed by atoms with Gasteiger partial charge in [0, 0.05) is 6.54 Å². The Balaban J connectivity index is 1.90. The van der Waals surface area contributed by atoms with Gasteiger partial charge in [-0.25, -0.2) is 4.98 Å². The van der Waals surface area contributed by atoms with Crippen LogP contribution >= 0.6 is 0 Å². The molecule has 1 aromatic carbocycles. The first-order chi connectivity index (χ1) is 14.1. The average Bonchev–Trinajstić information content (AvgIpc) is 3.42. The lowest BCUT2D eigenvalue weighted by molar-refractivity contribution is -0.138. The van der Waals surface area contributed by atoms with Gasteiger partial charge in [-0.1, -0.05) is 62.9 Å². The van der Waals surface area contributed by atoms with Crippen LogP contribution < -0.4 is 0 Å². The van der Waals surface area contributed by atoms with Crippen molar-refractivity contribution in [3.63, 3.8) is 0 Å².